The maximum Gasteiger partial charge on any atom is 0.340 e. The van der Waals surface area contributed by atoms with Crippen LogP contribution in [0.25, 0.3) is 0 Å². The first-order chi connectivity index (χ1) is 8.50. The number of rotatable bonds is 6. The lowest BCUT2D eigenvalue weighted by Gasteiger charge is -2.22. The maximum atomic E-state index is 11.2. The zero-order valence-corrected chi connectivity index (χ0v) is 11.4. The van der Waals surface area contributed by atoms with Gasteiger partial charge in [0.2, 0.25) is 0 Å². The second kappa shape index (κ2) is 7.11. The average molecular weight is 340 g/mol. The second-order valence-corrected chi connectivity index (χ2v) is 5.43. The summed E-state index contributed by atoms with van der Waals surface area (Å²) < 4.78 is 5.76. The van der Waals surface area contributed by atoms with Gasteiger partial charge in [0.15, 0.2) is 12.4 Å². The Hall–Kier alpha value is -0.800. The van der Waals surface area contributed by atoms with E-state index in [2.05, 4.69) is 9.47 Å². The molecule has 0 heterocycles. The van der Waals surface area contributed by atoms with E-state index < -0.39 is 47.1 Å². The number of esters is 2. The van der Waals surface area contributed by atoms with Gasteiger partial charge in [0.25, 0.3) is 0 Å². The highest BCUT2D eigenvalue weighted by Crippen LogP contribution is 2.29. The third kappa shape index (κ3) is 7.38. The quantitative estimate of drug-likeness (QED) is 0.349. The molecule has 0 bridgehead atoms. The molecule has 11 heteroatoms. The Balaban J connectivity index is 4.77. The van der Waals surface area contributed by atoms with Gasteiger partial charge in [-0.15, -0.1) is 0 Å². The van der Waals surface area contributed by atoms with E-state index in [1.54, 1.807) is 0 Å². The number of hydrogen-bond acceptors (Lipinski definition) is 7. The largest absolute Gasteiger partial charge is 0.479 e. The summed E-state index contributed by atoms with van der Waals surface area (Å²) in [7, 11) is 0. The molecule has 0 saturated heterocycles. The minimum Gasteiger partial charge on any atom is -0.479 e. The van der Waals surface area contributed by atoms with Crippen molar-refractivity contribution in [2.75, 3.05) is 6.79 Å². The number of alkyl halides is 3. The topological polar surface area (TPSA) is 130 Å². The third-order valence-corrected chi connectivity index (χ3v) is 1.96. The number of carbonyl (C=O) groups excluding carboxylic acids is 2. The number of hydrogen-bond donors (Lipinski definition) is 3. The number of carbonyl (C=O) groups is 3. The molecule has 3 N–H and O–H groups in total. The zero-order chi connectivity index (χ0) is 15.3. The molecule has 110 valence electrons. The van der Waals surface area contributed by atoms with Gasteiger partial charge in [0.1, 0.15) is 0 Å². The summed E-state index contributed by atoms with van der Waals surface area (Å²) in [6.45, 7) is -1.01. The Kier molecular flexibility index (Phi) is 6.81. The van der Waals surface area contributed by atoms with Gasteiger partial charge in [-0.25, -0.2) is 4.79 Å². The van der Waals surface area contributed by atoms with Gasteiger partial charge in [-0.05, 0) is 34.8 Å². The van der Waals surface area contributed by atoms with E-state index in [-0.39, 0.29) is 0 Å². The molecule has 0 saturated carbocycles. The van der Waals surface area contributed by atoms with Crippen molar-refractivity contribution in [2.24, 2.45) is 0 Å². The lowest BCUT2D eigenvalue weighted by Crippen LogP contribution is -2.44. The molecule has 0 aliphatic carbocycles. The lowest BCUT2D eigenvalue weighted by atomic mass is 9.96. The Morgan fingerprint density at radius 2 is 1.53 bits per heavy atom. The third-order valence-electron chi connectivity index (χ3n) is 1.73. The molecule has 0 radical (unpaired) electrons. The highest BCUT2D eigenvalue weighted by Gasteiger charge is 2.43. The lowest BCUT2D eigenvalue weighted by molar-refractivity contribution is -0.175. The first kappa shape index (κ1) is 18.2. The Labute approximate surface area is 121 Å². The van der Waals surface area contributed by atoms with Crippen LogP contribution >= 0.6 is 34.8 Å². The fourth-order valence-corrected chi connectivity index (χ4v) is 1.24. The van der Waals surface area contributed by atoms with Gasteiger partial charge in [-0.2, -0.15) is 0 Å². The van der Waals surface area contributed by atoms with Crippen LogP contribution in [0.15, 0.2) is 0 Å². The van der Waals surface area contributed by atoms with Crippen molar-refractivity contribution in [3.63, 3.8) is 0 Å². The van der Waals surface area contributed by atoms with Crippen molar-refractivity contribution in [3.05, 3.63) is 0 Å². The number of carboxylic acid groups (broad SMARTS) is 1. The van der Waals surface area contributed by atoms with Crippen LogP contribution in [-0.2, 0) is 23.9 Å². The van der Waals surface area contributed by atoms with E-state index in [9.17, 15) is 19.5 Å². The highest BCUT2D eigenvalue weighted by molar-refractivity contribution is 6.66. The van der Waals surface area contributed by atoms with E-state index >= 15 is 0 Å². The summed E-state index contributed by atoms with van der Waals surface area (Å²) in [6.07, 6.45) is -2.26. The molecule has 0 aromatic carbocycles. The van der Waals surface area contributed by atoms with Crippen LogP contribution in [0.3, 0.4) is 0 Å². The molecule has 0 aromatic rings. The summed E-state index contributed by atoms with van der Waals surface area (Å²) in [5.74, 6) is -4.49. The Morgan fingerprint density at radius 3 is 1.89 bits per heavy atom. The normalized spacial score (nSPS) is 14.4. The number of aliphatic hydroxyl groups is 2. The van der Waals surface area contributed by atoms with Gasteiger partial charge in [0, 0.05) is 0 Å². The summed E-state index contributed by atoms with van der Waals surface area (Å²) in [5.41, 5.74) is -2.81. The molecule has 1 unspecified atom stereocenters. The summed E-state index contributed by atoms with van der Waals surface area (Å²) in [5, 5.41) is 26.7. The van der Waals surface area contributed by atoms with Crippen molar-refractivity contribution in [1.82, 2.24) is 0 Å². The van der Waals surface area contributed by atoms with Crippen molar-refractivity contribution in [2.45, 2.75) is 22.4 Å². The first-order valence-electron chi connectivity index (χ1n) is 4.51. The monoisotopic (exact) mass is 338 g/mol. The van der Waals surface area contributed by atoms with E-state index in [1.807, 2.05) is 0 Å². The van der Waals surface area contributed by atoms with Crippen molar-refractivity contribution < 1.29 is 39.2 Å². The SMILES string of the molecule is O=C(CC(O)(CC(=O)OC(Cl)(Cl)Cl)C(=O)O)OCO. The van der Waals surface area contributed by atoms with Gasteiger partial charge in [0.05, 0.1) is 12.8 Å². The number of halogens is 3. The Morgan fingerprint density at radius 1 is 1.05 bits per heavy atom. The van der Waals surface area contributed by atoms with Gasteiger partial charge in [-0.1, -0.05) is 0 Å². The molecular formula is C8H9Cl3O8. The summed E-state index contributed by atoms with van der Waals surface area (Å²) in [4.78, 5) is 33.0. The second-order valence-electron chi connectivity index (χ2n) is 3.26. The van der Waals surface area contributed by atoms with E-state index in [0.29, 0.717) is 0 Å². The van der Waals surface area contributed by atoms with Crippen LogP contribution in [-0.4, -0.2) is 49.6 Å². The van der Waals surface area contributed by atoms with Crippen LogP contribution in [0.5, 0.6) is 0 Å². The molecule has 19 heavy (non-hydrogen) atoms. The number of aliphatic carboxylic acids is 1. The van der Waals surface area contributed by atoms with Crippen molar-refractivity contribution in [3.8, 4) is 0 Å². The standard InChI is InChI=1S/C8H9Cl3O8/c9-8(10,11)19-5(14)2-7(17,6(15)16)1-4(13)18-3-12/h12,17H,1-3H2,(H,15,16). The molecule has 0 aliphatic heterocycles. The maximum absolute atomic E-state index is 11.2. The molecule has 0 aromatic heterocycles. The fourth-order valence-electron chi connectivity index (χ4n) is 0.979. The van der Waals surface area contributed by atoms with Crippen LogP contribution in [0.1, 0.15) is 12.8 Å². The van der Waals surface area contributed by atoms with E-state index in [4.69, 9.17) is 45.0 Å². The van der Waals surface area contributed by atoms with Crippen LogP contribution < -0.4 is 0 Å². The average Bonchev–Trinajstić information content (AvgIpc) is 2.13. The van der Waals surface area contributed by atoms with Crippen LogP contribution in [0, 0.1) is 0 Å². The molecule has 0 spiro atoms. The van der Waals surface area contributed by atoms with E-state index in [0.717, 1.165) is 0 Å². The van der Waals surface area contributed by atoms with Crippen molar-refractivity contribution in [1.29, 1.82) is 0 Å². The van der Waals surface area contributed by atoms with Gasteiger partial charge < -0.3 is 24.8 Å². The van der Waals surface area contributed by atoms with Gasteiger partial charge >= 0.3 is 21.9 Å². The van der Waals surface area contributed by atoms with E-state index in [1.165, 1.54) is 0 Å². The Bertz CT molecular complexity index is 365. The fraction of sp³-hybridized carbons (Fsp3) is 0.625. The smallest absolute Gasteiger partial charge is 0.340 e. The predicted molar refractivity (Wildman–Crippen MR) is 61.4 cm³/mol. The molecule has 0 amide bonds. The summed E-state index contributed by atoms with van der Waals surface area (Å²) >= 11 is 15.4. The molecular weight excluding hydrogens is 330 g/mol. The molecule has 1 atom stereocenters. The molecule has 0 fully saturated rings. The minimum absolute atomic E-state index is 1.01. The number of aliphatic hydroxyl groups excluding tert-OH is 1. The summed E-state index contributed by atoms with van der Waals surface area (Å²) in [6, 6.07) is 0. The molecule has 0 aliphatic rings. The minimum atomic E-state index is -2.81. The highest BCUT2D eigenvalue weighted by atomic mass is 35.6. The van der Waals surface area contributed by atoms with Crippen LogP contribution in [0.4, 0.5) is 0 Å². The number of carboxylic acids is 1. The zero-order valence-electron chi connectivity index (χ0n) is 9.14. The van der Waals surface area contributed by atoms with Gasteiger partial charge in [-0.3, -0.25) is 9.59 Å². The first-order valence-corrected chi connectivity index (χ1v) is 5.64. The van der Waals surface area contributed by atoms with Crippen LogP contribution in [0.2, 0.25) is 0 Å². The van der Waals surface area contributed by atoms with Crippen molar-refractivity contribution >= 4 is 52.7 Å². The molecule has 0 rings (SSSR count). The molecule has 8 nitrogen and oxygen atoms in total. The predicted octanol–water partition coefficient (Wildman–Crippen LogP) is -0.0538. The number of ether oxygens (including phenoxy) is 2.